The molecule has 25 heavy (non-hydrogen) atoms. The SMILES string of the molecule is CCCCCc1cc(O)c2c3c(c(=O)oc2c1)CCC1(C3)OCCO1. The number of rotatable bonds is 4. The lowest BCUT2D eigenvalue weighted by molar-refractivity contribution is -0.163. The van der Waals surface area contributed by atoms with Gasteiger partial charge < -0.3 is 19.0 Å². The average molecular weight is 344 g/mol. The molecule has 1 aliphatic carbocycles. The minimum atomic E-state index is -0.653. The van der Waals surface area contributed by atoms with E-state index >= 15 is 0 Å². The molecule has 1 aromatic heterocycles. The van der Waals surface area contributed by atoms with Gasteiger partial charge >= 0.3 is 5.63 Å². The second-order valence-electron chi connectivity index (χ2n) is 7.08. The molecular weight excluding hydrogens is 320 g/mol. The molecule has 0 atom stereocenters. The van der Waals surface area contributed by atoms with E-state index in [1.165, 1.54) is 0 Å². The third kappa shape index (κ3) is 2.96. The maximum absolute atomic E-state index is 12.4. The van der Waals surface area contributed by atoms with Crippen LogP contribution in [0.3, 0.4) is 0 Å². The van der Waals surface area contributed by atoms with Crippen molar-refractivity contribution in [3.05, 3.63) is 39.2 Å². The van der Waals surface area contributed by atoms with E-state index < -0.39 is 5.79 Å². The summed E-state index contributed by atoms with van der Waals surface area (Å²) in [6.45, 7) is 3.30. The monoisotopic (exact) mass is 344 g/mol. The molecule has 1 saturated heterocycles. The molecule has 0 saturated carbocycles. The minimum Gasteiger partial charge on any atom is -0.507 e. The van der Waals surface area contributed by atoms with Crippen LogP contribution >= 0.6 is 0 Å². The molecule has 2 aromatic rings. The number of phenols is 1. The van der Waals surface area contributed by atoms with Crippen molar-refractivity contribution < 1.29 is 19.0 Å². The Bertz CT molecular complexity index is 845. The van der Waals surface area contributed by atoms with Crippen LogP contribution in [0.15, 0.2) is 21.3 Å². The van der Waals surface area contributed by atoms with E-state index in [2.05, 4.69) is 6.92 Å². The quantitative estimate of drug-likeness (QED) is 0.679. The molecule has 1 fully saturated rings. The number of ether oxygens (including phenoxy) is 2. The van der Waals surface area contributed by atoms with Crippen molar-refractivity contribution in [2.75, 3.05) is 13.2 Å². The van der Waals surface area contributed by atoms with Crippen LogP contribution in [-0.2, 0) is 28.7 Å². The van der Waals surface area contributed by atoms with Gasteiger partial charge in [-0.15, -0.1) is 0 Å². The molecule has 0 bridgehead atoms. The summed E-state index contributed by atoms with van der Waals surface area (Å²) < 4.78 is 17.2. The number of phenolic OH excluding ortho intramolecular Hbond substituents is 1. The summed E-state index contributed by atoms with van der Waals surface area (Å²) in [7, 11) is 0. The van der Waals surface area contributed by atoms with Crippen molar-refractivity contribution in [1.29, 1.82) is 0 Å². The maximum atomic E-state index is 12.4. The molecule has 5 heteroatoms. The Hall–Kier alpha value is -1.85. The number of hydrogen-bond donors (Lipinski definition) is 1. The van der Waals surface area contributed by atoms with Gasteiger partial charge in [0.25, 0.3) is 0 Å². The van der Waals surface area contributed by atoms with Crippen LogP contribution < -0.4 is 5.63 Å². The van der Waals surface area contributed by atoms with Gasteiger partial charge in [0.05, 0.1) is 18.6 Å². The molecule has 1 aliphatic heterocycles. The molecular formula is C20H24O5. The fourth-order valence-corrected chi connectivity index (χ4v) is 4.06. The lowest BCUT2D eigenvalue weighted by Crippen LogP contribution is -2.38. The van der Waals surface area contributed by atoms with E-state index in [4.69, 9.17) is 13.9 Å². The van der Waals surface area contributed by atoms with Gasteiger partial charge in [-0.05, 0) is 42.5 Å². The molecule has 1 aromatic carbocycles. The van der Waals surface area contributed by atoms with Gasteiger partial charge in [0, 0.05) is 18.4 Å². The van der Waals surface area contributed by atoms with Crippen LogP contribution in [0.2, 0.25) is 0 Å². The first-order valence-electron chi connectivity index (χ1n) is 9.20. The summed E-state index contributed by atoms with van der Waals surface area (Å²) in [6, 6.07) is 3.69. The minimum absolute atomic E-state index is 0.180. The third-order valence-corrected chi connectivity index (χ3v) is 5.34. The van der Waals surface area contributed by atoms with Crippen molar-refractivity contribution in [2.24, 2.45) is 0 Å². The van der Waals surface area contributed by atoms with Crippen molar-refractivity contribution in [1.82, 2.24) is 0 Å². The summed E-state index contributed by atoms with van der Waals surface area (Å²) in [5.74, 6) is -0.473. The summed E-state index contributed by atoms with van der Waals surface area (Å²) in [4.78, 5) is 12.4. The first kappa shape index (κ1) is 16.6. The highest BCUT2D eigenvalue weighted by Gasteiger charge is 2.42. The van der Waals surface area contributed by atoms with Crippen LogP contribution in [-0.4, -0.2) is 24.1 Å². The van der Waals surface area contributed by atoms with Crippen molar-refractivity contribution in [3.63, 3.8) is 0 Å². The Morgan fingerprint density at radius 1 is 1.16 bits per heavy atom. The smallest absolute Gasteiger partial charge is 0.339 e. The zero-order valence-corrected chi connectivity index (χ0v) is 14.6. The molecule has 0 radical (unpaired) electrons. The topological polar surface area (TPSA) is 68.9 Å². The van der Waals surface area contributed by atoms with Gasteiger partial charge in [0.15, 0.2) is 5.79 Å². The highest BCUT2D eigenvalue weighted by atomic mass is 16.7. The van der Waals surface area contributed by atoms with Crippen molar-refractivity contribution >= 4 is 11.0 Å². The fourth-order valence-electron chi connectivity index (χ4n) is 4.06. The lowest BCUT2D eigenvalue weighted by atomic mass is 9.85. The standard InChI is InChI=1S/C20H24O5/c1-2-3-4-5-13-10-16(21)18-15-12-20(23-8-9-24-20)7-6-14(15)19(22)25-17(18)11-13/h10-11,21H,2-9,12H2,1H3. The predicted octanol–water partition coefficient (Wildman–Crippen LogP) is 3.46. The Balaban J connectivity index is 1.79. The second kappa shape index (κ2) is 6.46. The Morgan fingerprint density at radius 2 is 1.96 bits per heavy atom. The summed E-state index contributed by atoms with van der Waals surface area (Å²) >= 11 is 0. The summed E-state index contributed by atoms with van der Waals surface area (Å²) in [6.07, 6.45) is 5.88. The number of fused-ring (bicyclic) bond motifs is 3. The first-order valence-corrected chi connectivity index (χ1v) is 9.20. The Labute approximate surface area is 146 Å². The molecule has 0 unspecified atom stereocenters. The number of aromatic hydroxyl groups is 1. The highest BCUT2D eigenvalue weighted by Crippen LogP contribution is 2.40. The molecule has 2 aliphatic rings. The lowest BCUT2D eigenvalue weighted by Gasteiger charge is -2.32. The Morgan fingerprint density at radius 3 is 2.72 bits per heavy atom. The average Bonchev–Trinajstić information content (AvgIpc) is 3.02. The number of unbranched alkanes of at least 4 members (excludes halogenated alkanes) is 2. The highest BCUT2D eigenvalue weighted by molar-refractivity contribution is 5.88. The zero-order chi connectivity index (χ0) is 17.4. The molecule has 5 nitrogen and oxygen atoms in total. The Kier molecular flexibility index (Phi) is 4.29. The van der Waals surface area contributed by atoms with Crippen LogP contribution in [0.5, 0.6) is 5.75 Å². The van der Waals surface area contributed by atoms with E-state index in [-0.39, 0.29) is 11.4 Å². The van der Waals surface area contributed by atoms with Gasteiger partial charge in [-0.3, -0.25) is 0 Å². The van der Waals surface area contributed by atoms with Crippen LogP contribution in [0.4, 0.5) is 0 Å². The molecule has 2 heterocycles. The van der Waals surface area contributed by atoms with E-state index in [0.717, 1.165) is 36.8 Å². The normalized spacial score (nSPS) is 18.8. The largest absolute Gasteiger partial charge is 0.507 e. The van der Waals surface area contributed by atoms with Gasteiger partial charge in [-0.25, -0.2) is 4.79 Å². The van der Waals surface area contributed by atoms with Gasteiger partial charge in [-0.1, -0.05) is 19.8 Å². The number of aryl methyl sites for hydroxylation is 1. The van der Waals surface area contributed by atoms with E-state index in [1.807, 2.05) is 6.07 Å². The molecule has 1 spiro atoms. The van der Waals surface area contributed by atoms with Gasteiger partial charge in [0.2, 0.25) is 0 Å². The van der Waals surface area contributed by atoms with Gasteiger partial charge in [0.1, 0.15) is 11.3 Å². The zero-order valence-electron chi connectivity index (χ0n) is 14.6. The van der Waals surface area contributed by atoms with E-state index in [0.29, 0.717) is 49.0 Å². The van der Waals surface area contributed by atoms with Crippen molar-refractivity contribution in [3.8, 4) is 5.75 Å². The first-order chi connectivity index (χ1) is 12.1. The summed E-state index contributed by atoms with van der Waals surface area (Å²) in [5, 5.41) is 11.3. The van der Waals surface area contributed by atoms with Gasteiger partial charge in [-0.2, -0.15) is 0 Å². The third-order valence-electron chi connectivity index (χ3n) is 5.34. The van der Waals surface area contributed by atoms with E-state index in [1.54, 1.807) is 6.07 Å². The van der Waals surface area contributed by atoms with Crippen LogP contribution in [0.1, 0.15) is 49.3 Å². The molecule has 4 rings (SSSR count). The fraction of sp³-hybridized carbons (Fsp3) is 0.550. The van der Waals surface area contributed by atoms with Crippen molar-refractivity contribution in [2.45, 2.75) is 57.7 Å². The molecule has 1 N–H and O–H groups in total. The second-order valence-corrected chi connectivity index (χ2v) is 7.08. The summed E-state index contributed by atoms with van der Waals surface area (Å²) in [5.41, 5.74) is 2.62. The molecule has 134 valence electrons. The number of benzene rings is 1. The molecule has 0 amide bonds. The maximum Gasteiger partial charge on any atom is 0.339 e. The van der Waals surface area contributed by atoms with E-state index in [9.17, 15) is 9.90 Å². The van der Waals surface area contributed by atoms with Crippen LogP contribution in [0.25, 0.3) is 11.0 Å². The van der Waals surface area contributed by atoms with Crippen LogP contribution in [0, 0.1) is 0 Å². The number of hydrogen-bond acceptors (Lipinski definition) is 5. The predicted molar refractivity (Wildman–Crippen MR) is 94.0 cm³/mol.